The molecule has 2 fully saturated rings. The molecule has 0 aromatic heterocycles. The van der Waals surface area contributed by atoms with Gasteiger partial charge in [-0.3, -0.25) is 9.59 Å². The highest BCUT2D eigenvalue weighted by Gasteiger charge is 2.24. The molecular formula is C21H31ClN2O3. The molecule has 1 aliphatic carbocycles. The molecule has 0 radical (unpaired) electrons. The highest BCUT2D eigenvalue weighted by Crippen LogP contribution is 2.28. The zero-order valence-electron chi connectivity index (χ0n) is 16.0. The molecule has 1 aromatic carbocycles. The number of carbonyl (C=O) groups excluding carboxylic acids is 1. The van der Waals surface area contributed by atoms with Gasteiger partial charge in [-0.2, -0.15) is 0 Å². The summed E-state index contributed by atoms with van der Waals surface area (Å²) in [6, 6.07) is 8.30. The Balaban J connectivity index is 0.00000261. The second-order valence-corrected chi connectivity index (χ2v) is 7.99. The van der Waals surface area contributed by atoms with E-state index in [1.165, 1.54) is 12.0 Å². The van der Waals surface area contributed by atoms with Gasteiger partial charge in [-0.05, 0) is 81.6 Å². The number of nitrogens with one attached hydrogen (secondary N) is 1. The standard InChI is InChI=1S/C21H30N2O3.ClH/c1-23-13-12-18(14-23)16-5-7-17(8-6-16)21(26)22-19-9-2-15(3-10-19)4-11-20(24)25;/h5-8,15,18-19H,2-4,9-14H2,1H3,(H,22,26)(H,24,25);1H/t15-,18?,19-;. The fraction of sp³-hybridized carbons (Fsp3) is 0.619. The van der Waals surface area contributed by atoms with Crippen molar-refractivity contribution in [2.75, 3.05) is 20.1 Å². The summed E-state index contributed by atoms with van der Waals surface area (Å²) < 4.78 is 0. The zero-order valence-corrected chi connectivity index (χ0v) is 16.8. The van der Waals surface area contributed by atoms with Gasteiger partial charge in [0.1, 0.15) is 0 Å². The molecule has 150 valence electrons. The quantitative estimate of drug-likeness (QED) is 0.772. The highest BCUT2D eigenvalue weighted by molar-refractivity contribution is 5.94. The first-order valence-corrected chi connectivity index (χ1v) is 9.82. The Labute approximate surface area is 167 Å². The van der Waals surface area contributed by atoms with Gasteiger partial charge in [0.15, 0.2) is 0 Å². The second-order valence-electron chi connectivity index (χ2n) is 7.99. The summed E-state index contributed by atoms with van der Waals surface area (Å²) in [5.41, 5.74) is 2.05. The van der Waals surface area contributed by atoms with Crippen LogP contribution in [-0.2, 0) is 4.79 Å². The first kappa shape index (κ1) is 21.7. The van der Waals surface area contributed by atoms with Crippen LogP contribution in [0.15, 0.2) is 24.3 Å². The normalized spacial score (nSPS) is 25.6. The lowest BCUT2D eigenvalue weighted by atomic mass is 9.83. The number of likely N-dealkylation sites (tertiary alicyclic amines) is 1. The maximum absolute atomic E-state index is 12.5. The molecule has 2 aliphatic rings. The van der Waals surface area contributed by atoms with Crippen LogP contribution in [0.3, 0.4) is 0 Å². The van der Waals surface area contributed by atoms with Gasteiger partial charge in [-0.1, -0.05) is 12.1 Å². The van der Waals surface area contributed by atoms with Crippen LogP contribution in [0.5, 0.6) is 0 Å². The van der Waals surface area contributed by atoms with Crippen molar-refractivity contribution in [3.63, 3.8) is 0 Å². The van der Waals surface area contributed by atoms with Crippen molar-refractivity contribution in [3.05, 3.63) is 35.4 Å². The van der Waals surface area contributed by atoms with Crippen LogP contribution in [0.25, 0.3) is 0 Å². The van der Waals surface area contributed by atoms with E-state index in [1.54, 1.807) is 0 Å². The Bertz CT molecular complexity index is 627. The van der Waals surface area contributed by atoms with Gasteiger partial charge >= 0.3 is 5.97 Å². The number of likely N-dealkylation sites (N-methyl/N-ethyl adjacent to an activating group) is 1. The number of carboxylic acids is 1. The molecule has 0 spiro atoms. The fourth-order valence-corrected chi connectivity index (χ4v) is 4.31. The van der Waals surface area contributed by atoms with E-state index in [0.29, 0.717) is 11.8 Å². The molecule has 1 heterocycles. The summed E-state index contributed by atoms with van der Waals surface area (Å²) in [6.45, 7) is 2.23. The van der Waals surface area contributed by atoms with Gasteiger partial charge in [0, 0.05) is 24.6 Å². The number of benzene rings is 1. The number of aliphatic carboxylic acids is 1. The summed E-state index contributed by atoms with van der Waals surface area (Å²) in [6.07, 6.45) is 6.11. The van der Waals surface area contributed by atoms with E-state index in [0.717, 1.165) is 50.8 Å². The largest absolute Gasteiger partial charge is 0.481 e. The summed E-state index contributed by atoms with van der Waals surface area (Å²) in [5, 5.41) is 11.9. The van der Waals surface area contributed by atoms with E-state index in [4.69, 9.17) is 5.11 Å². The van der Waals surface area contributed by atoms with Gasteiger partial charge in [0.25, 0.3) is 5.91 Å². The molecule has 0 bridgehead atoms. The Kier molecular flexibility index (Phi) is 8.11. The van der Waals surface area contributed by atoms with Crippen LogP contribution in [-0.4, -0.2) is 48.1 Å². The van der Waals surface area contributed by atoms with Crippen LogP contribution < -0.4 is 5.32 Å². The van der Waals surface area contributed by atoms with Crippen molar-refractivity contribution < 1.29 is 14.7 Å². The molecule has 1 amide bonds. The number of halogens is 1. The molecule has 1 atom stereocenters. The third-order valence-corrected chi connectivity index (χ3v) is 5.98. The predicted molar refractivity (Wildman–Crippen MR) is 109 cm³/mol. The molecule has 1 saturated heterocycles. The first-order chi connectivity index (χ1) is 12.5. The fourth-order valence-electron chi connectivity index (χ4n) is 4.31. The monoisotopic (exact) mass is 394 g/mol. The average Bonchev–Trinajstić information content (AvgIpc) is 3.07. The Morgan fingerprint density at radius 1 is 1.11 bits per heavy atom. The number of rotatable bonds is 6. The summed E-state index contributed by atoms with van der Waals surface area (Å²) in [4.78, 5) is 25.5. The van der Waals surface area contributed by atoms with E-state index >= 15 is 0 Å². The number of nitrogens with zero attached hydrogens (tertiary/aromatic N) is 1. The van der Waals surface area contributed by atoms with Gasteiger partial charge in [0.2, 0.25) is 0 Å². The SMILES string of the molecule is CN1CCC(c2ccc(C(=O)N[C@H]3CC[C@H](CCC(=O)O)CC3)cc2)C1.Cl. The topological polar surface area (TPSA) is 69.6 Å². The lowest BCUT2D eigenvalue weighted by molar-refractivity contribution is -0.137. The zero-order chi connectivity index (χ0) is 18.5. The van der Waals surface area contributed by atoms with Crippen molar-refractivity contribution in [1.29, 1.82) is 0 Å². The van der Waals surface area contributed by atoms with Gasteiger partial charge in [0.05, 0.1) is 0 Å². The van der Waals surface area contributed by atoms with Crippen LogP contribution in [0.1, 0.15) is 66.8 Å². The third-order valence-electron chi connectivity index (χ3n) is 5.98. The van der Waals surface area contributed by atoms with E-state index in [9.17, 15) is 9.59 Å². The lowest BCUT2D eigenvalue weighted by Gasteiger charge is -2.29. The Morgan fingerprint density at radius 3 is 2.33 bits per heavy atom. The molecule has 5 nitrogen and oxygen atoms in total. The number of hydrogen-bond donors (Lipinski definition) is 2. The summed E-state index contributed by atoms with van der Waals surface area (Å²) >= 11 is 0. The van der Waals surface area contributed by atoms with Gasteiger partial charge < -0.3 is 15.3 Å². The highest BCUT2D eigenvalue weighted by atomic mass is 35.5. The van der Waals surface area contributed by atoms with Crippen LogP contribution in [0, 0.1) is 5.92 Å². The molecule has 3 rings (SSSR count). The van der Waals surface area contributed by atoms with Crippen LogP contribution in [0.4, 0.5) is 0 Å². The average molecular weight is 395 g/mol. The maximum atomic E-state index is 12.5. The minimum absolute atomic E-state index is 0. The first-order valence-electron chi connectivity index (χ1n) is 9.82. The number of hydrogen-bond acceptors (Lipinski definition) is 3. The Morgan fingerprint density at radius 2 is 1.78 bits per heavy atom. The van der Waals surface area contributed by atoms with Gasteiger partial charge in [-0.15, -0.1) is 12.4 Å². The van der Waals surface area contributed by atoms with Crippen molar-refractivity contribution in [3.8, 4) is 0 Å². The minimum Gasteiger partial charge on any atom is -0.481 e. The molecule has 1 unspecified atom stereocenters. The van der Waals surface area contributed by atoms with Crippen molar-refractivity contribution in [2.24, 2.45) is 5.92 Å². The van der Waals surface area contributed by atoms with Crippen molar-refractivity contribution in [2.45, 2.75) is 56.9 Å². The summed E-state index contributed by atoms with van der Waals surface area (Å²) in [5.74, 6) is 0.364. The van der Waals surface area contributed by atoms with E-state index in [1.807, 2.05) is 12.1 Å². The lowest BCUT2D eigenvalue weighted by Crippen LogP contribution is -2.37. The maximum Gasteiger partial charge on any atom is 0.303 e. The van der Waals surface area contributed by atoms with Crippen molar-refractivity contribution in [1.82, 2.24) is 10.2 Å². The minimum atomic E-state index is -0.715. The summed E-state index contributed by atoms with van der Waals surface area (Å²) in [7, 11) is 2.15. The van der Waals surface area contributed by atoms with E-state index in [2.05, 4.69) is 29.4 Å². The van der Waals surface area contributed by atoms with Crippen LogP contribution in [0.2, 0.25) is 0 Å². The molecule has 27 heavy (non-hydrogen) atoms. The van der Waals surface area contributed by atoms with Crippen LogP contribution >= 0.6 is 12.4 Å². The van der Waals surface area contributed by atoms with E-state index < -0.39 is 5.97 Å². The van der Waals surface area contributed by atoms with Crippen molar-refractivity contribution >= 4 is 24.3 Å². The number of carboxylic acid groups (broad SMARTS) is 1. The second kappa shape index (κ2) is 10.1. The Hall–Kier alpha value is -1.59. The molecule has 6 heteroatoms. The predicted octanol–water partition coefficient (Wildman–Crippen LogP) is 3.68. The molecular weight excluding hydrogens is 364 g/mol. The molecule has 1 aromatic rings. The molecule has 2 N–H and O–H groups in total. The number of amides is 1. The number of carbonyl (C=O) groups is 2. The molecule has 1 aliphatic heterocycles. The molecule has 1 saturated carbocycles. The van der Waals surface area contributed by atoms with Gasteiger partial charge in [-0.25, -0.2) is 0 Å². The smallest absolute Gasteiger partial charge is 0.303 e. The van der Waals surface area contributed by atoms with E-state index in [-0.39, 0.29) is 30.8 Å². The third kappa shape index (κ3) is 6.22.